The number of nitrogens with zero attached hydrogens (tertiary/aromatic N) is 3. The maximum atomic E-state index is 12.5. The third-order valence-electron chi connectivity index (χ3n) is 5.61. The Morgan fingerprint density at radius 2 is 1.88 bits per heavy atom. The molecule has 0 spiro atoms. The number of halogens is 1. The first-order valence-corrected chi connectivity index (χ1v) is 11.6. The van der Waals surface area contributed by atoms with Crippen LogP contribution in [0.2, 0.25) is 5.02 Å². The highest BCUT2D eigenvalue weighted by Crippen LogP contribution is 2.20. The number of carbonyl (C=O) groups is 2. The molecule has 2 aromatic rings. The van der Waals surface area contributed by atoms with Crippen molar-refractivity contribution in [3.05, 3.63) is 57.9 Å². The summed E-state index contributed by atoms with van der Waals surface area (Å²) in [4.78, 5) is 26.4. The fourth-order valence-electron chi connectivity index (χ4n) is 3.84. The molecule has 33 heavy (non-hydrogen) atoms. The van der Waals surface area contributed by atoms with E-state index < -0.39 is 5.60 Å². The van der Waals surface area contributed by atoms with Crippen LogP contribution in [-0.2, 0) is 16.1 Å². The van der Waals surface area contributed by atoms with Gasteiger partial charge in [-0.15, -0.1) is 0 Å². The molecule has 0 unspecified atom stereocenters. The number of aromatic nitrogens is 2. The molecule has 8 heteroatoms. The van der Waals surface area contributed by atoms with Crippen LogP contribution in [-0.4, -0.2) is 51.4 Å². The quantitative estimate of drug-likeness (QED) is 0.638. The average Bonchev–Trinajstić information content (AvgIpc) is 3.00. The van der Waals surface area contributed by atoms with Gasteiger partial charge in [0.2, 0.25) is 5.91 Å². The number of ether oxygens (including phenoxy) is 1. The Morgan fingerprint density at radius 1 is 1.21 bits per heavy atom. The molecule has 0 atom stereocenters. The van der Waals surface area contributed by atoms with Crippen LogP contribution in [0.4, 0.5) is 4.79 Å². The van der Waals surface area contributed by atoms with Gasteiger partial charge in [-0.1, -0.05) is 29.8 Å². The summed E-state index contributed by atoms with van der Waals surface area (Å²) < 4.78 is 7.33. The zero-order valence-corrected chi connectivity index (χ0v) is 20.8. The minimum Gasteiger partial charge on any atom is -0.444 e. The van der Waals surface area contributed by atoms with Crippen LogP contribution in [0.1, 0.15) is 56.1 Å². The molecule has 2 amide bonds. The number of rotatable bonds is 5. The standard InChI is InChI=1S/C25H33ClN4O3/c1-17-21(18(2)30(28-17)16-19-8-6-7-9-22(19)26)10-11-23(31)27-20-12-14-29(15-13-20)24(32)33-25(3,4)5/h6-11,20H,12-16H2,1-5H3,(H,27,31)/b11-10+. The minimum absolute atomic E-state index is 0.0333. The van der Waals surface area contributed by atoms with Gasteiger partial charge in [0.15, 0.2) is 0 Å². The van der Waals surface area contributed by atoms with Crippen LogP contribution in [0.15, 0.2) is 30.3 Å². The van der Waals surface area contributed by atoms with E-state index in [0.29, 0.717) is 37.5 Å². The van der Waals surface area contributed by atoms with Crippen molar-refractivity contribution in [3.63, 3.8) is 0 Å². The molecule has 3 rings (SSSR count). The smallest absolute Gasteiger partial charge is 0.410 e. The largest absolute Gasteiger partial charge is 0.444 e. The van der Waals surface area contributed by atoms with E-state index in [4.69, 9.17) is 16.3 Å². The van der Waals surface area contributed by atoms with Crippen LogP contribution in [0.25, 0.3) is 6.08 Å². The normalized spacial score (nSPS) is 15.2. The van der Waals surface area contributed by atoms with Gasteiger partial charge in [-0.2, -0.15) is 5.10 Å². The Hall–Kier alpha value is -2.80. The molecule has 178 valence electrons. The Bertz CT molecular complexity index is 1030. The van der Waals surface area contributed by atoms with E-state index >= 15 is 0 Å². The van der Waals surface area contributed by atoms with Crippen molar-refractivity contribution in [2.24, 2.45) is 0 Å². The van der Waals surface area contributed by atoms with Gasteiger partial charge in [0.25, 0.3) is 0 Å². The summed E-state index contributed by atoms with van der Waals surface area (Å²) in [6, 6.07) is 7.74. The summed E-state index contributed by atoms with van der Waals surface area (Å²) in [7, 11) is 0. The predicted octanol–water partition coefficient (Wildman–Crippen LogP) is 4.73. The lowest BCUT2D eigenvalue weighted by molar-refractivity contribution is -0.117. The number of nitrogens with one attached hydrogen (secondary N) is 1. The van der Waals surface area contributed by atoms with E-state index in [0.717, 1.165) is 22.5 Å². The number of aryl methyl sites for hydroxylation is 1. The fourth-order valence-corrected chi connectivity index (χ4v) is 4.03. The second kappa shape index (κ2) is 10.4. The van der Waals surface area contributed by atoms with Crippen LogP contribution in [0.3, 0.4) is 0 Å². The van der Waals surface area contributed by atoms with Crippen LogP contribution < -0.4 is 5.32 Å². The first-order chi connectivity index (χ1) is 15.5. The second-order valence-corrected chi connectivity index (χ2v) is 9.82. The number of likely N-dealkylation sites (tertiary alicyclic amines) is 1. The fraction of sp³-hybridized carbons (Fsp3) is 0.480. The highest BCUT2D eigenvalue weighted by molar-refractivity contribution is 6.31. The van der Waals surface area contributed by atoms with Gasteiger partial charge in [-0.3, -0.25) is 9.48 Å². The van der Waals surface area contributed by atoms with Gasteiger partial charge in [-0.25, -0.2) is 4.79 Å². The maximum absolute atomic E-state index is 12.5. The van der Waals surface area contributed by atoms with Gasteiger partial charge >= 0.3 is 6.09 Å². The topological polar surface area (TPSA) is 76.5 Å². The van der Waals surface area contributed by atoms with Gasteiger partial charge < -0.3 is 15.0 Å². The summed E-state index contributed by atoms with van der Waals surface area (Å²) in [5.74, 6) is -0.150. The molecule has 2 heterocycles. The highest BCUT2D eigenvalue weighted by Gasteiger charge is 2.27. The van der Waals surface area contributed by atoms with E-state index in [2.05, 4.69) is 10.4 Å². The number of hydrogen-bond acceptors (Lipinski definition) is 4. The number of piperidine rings is 1. The molecule has 0 bridgehead atoms. The van der Waals surface area contributed by atoms with Crippen molar-refractivity contribution in [1.29, 1.82) is 0 Å². The van der Waals surface area contributed by atoms with Crippen molar-refractivity contribution in [2.45, 2.75) is 65.6 Å². The van der Waals surface area contributed by atoms with E-state index in [1.807, 2.05) is 69.6 Å². The maximum Gasteiger partial charge on any atom is 0.410 e. The van der Waals surface area contributed by atoms with Crippen molar-refractivity contribution in [1.82, 2.24) is 20.0 Å². The molecular weight excluding hydrogens is 440 g/mol. The van der Waals surface area contributed by atoms with E-state index in [1.54, 1.807) is 11.0 Å². The zero-order chi connectivity index (χ0) is 24.2. The van der Waals surface area contributed by atoms with Crippen LogP contribution >= 0.6 is 11.6 Å². The molecule has 7 nitrogen and oxygen atoms in total. The summed E-state index contributed by atoms with van der Waals surface area (Å²) in [5.41, 5.74) is 3.24. The molecular formula is C25H33ClN4O3. The molecule has 1 aromatic heterocycles. The van der Waals surface area contributed by atoms with E-state index in [9.17, 15) is 9.59 Å². The highest BCUT2D eigenvalue weighted by atomic mass is 35.5. The second-order valence-electron chi connectivity index (χ2n) is 9.42. The molecule has 1 saturated heterocycles. The Labute approximate surface area is 200 Å². The van der Waals surface area contributed by atoms with Gasteiger partial charge in [0.05, 0.1) is 12.2 Å². The number of hydrogen-bond donors (Lipinski definition) is 1. The van der Waals surface area contributed by atoms with Crippen LogP contribution in [0, 0.1) is 13.8 Å². The third-order valence-corrected chi connectivity index (χ3v) is 5.98. The molecule has 1 N–H and O–H groups in total. The number of amides is 2. The Kier molecular flexibility index (Phi) is 7.84. The molecule has 1 aromatic carbocycles. The van der Waals surface area contributed by atoms with Crippen molar-refractivity contribution < 1.29 is 14.3 Å². The van der Waals surface area contributed by atoms with Gasteiger partial charge in [0, 0.05) is 41.5 Å². The van der Waals surface area contributed by atoms with Crippen molar-refractivity contribution in [3.8, 4) is 0 Å². The SMILES string of the molecule is Cc1nn(Cc2ccccc2Cl)c(C)c1/C=C/C(=O)NC1CCN(C(=O)OC(C)(C)C)CC1. The third kappa shape index (κ3) is 6.84. The minimum atomic E-state index is -0.510. The lowest BCUT2D eigenvalue weighted by Gasteiger charge is -2.33. The molecule has 0 saturated carbocycles. The molecule has 1 aliphatic heterocycles. The molecule has 1 fully saturated rings. The summed E-state index contributed by atoms with van der Waals surface area (Å²) >= 11 is 6.29. The van der Waals surface area contributed by atoms with Gasteiger partial charge in [0.1, 0.15) is 5.60 Å². The number of benzene rings is 1. The van der Waals surface area contributed by atoms with E-state index in [1.165, 1.54) is 0 Å². The molecule has 1 aliphatic rings. The van der Waals surface area contributed by atoms with Gasteiger partial charge in [-0.05, 0) is 65.2 Å². The van der Waals surface area contributed by atoms with Crippen LogP contribution in [0.5, 0.6) is 0 Å². The first-order valence-electron chi connectivity index (χ1n) is 11.3. The lowest BCUT2D eigenvalue weighted by atomic mass is 10.1. The monoisotopic (exact) mass is 472 g/mol. The van der Waals surface area contributed by atoms with Crippen molar-refractivity contribution in [2.75, 3.05) is 13.1 Å². The predicted molar refractivity (Wildman–Crippen MR) is 130 cm³/mol. The Morgan fingerprint density at radius 3 is 2.52 bits per heavy atom. The van der Waals surface area contributed by atoms with E-state index in [-0.39, 0.29) is 18.0 Å². The van der Waals surface area contributed by atoms with Crippen molar-refractivity contribution >= 4 is 29.7 Å². The lowest BCUT2D eigenvalue weighted by Crippen LogP contribution is -2.47. The summed E-state index contributed by atoms with van der Waals surface area (Å²) in [5, 5.41) is 8.36. The first kappa shape index (κ1) is 24.8. The number of carbonyl (C=O) groups excluding carboxylic acids is 2. The summed E-state index contributed by atoms with van der Waals surface area (Å²) in [6.45, 7) is 11.2. The molecule has 0 radical (unpaired) electrons. The molecule has 0 aliphatic carbocycles. The summed E-state index contributed by atoms with van der Waals surface area (Å²) in [6.07, 6.45) is 4.47. The Balaban J connectivity index is 1.55. The zero-order valence-electron chi connectivity index (χ0n) is 20.0. The average molecular weight is 473 g/mol.